The van der Waals surface area contributed by atoms with Crippen molar-refractivity contribution in [3.8, 4) is 17.2 Å². The molecule has 1 aromatic carbocycles. The van der Waals surface area contributed by atoms with E-state index in [0.717, 1.165) is 0 Å². The Bertz CT molecular complexity index is 375. The Morgan fingerprint density at radius 3 is 2.85 bits per heavy atom. The predicted molar refractivity (Wildman–Crippen MR) is 47.3 cm³/mol. The summed E-state index contributed by atoms with van der Waals surface area (Å²) in [4.78, 5) is 10.7. The van der Waals surface area contributed by atoms with Crippen molar-refractivity contribution in [3.05, 3.63) is 16.1 Å². The molecule has 1 aliphatic rings. The van der Waals surface area contributed by atoms with E-state index in [-0.39, 0.29) is 18.3 Å². The Balaban J connectivity index is 2.71. The highest BCUT2D eigenvalue weighted by atomic mass is 79.9. The molecule has 0 aliphatic carbocycles. The second kappa shape index (κ2) is 2.92. The molecule has 0 bridgehead atoms. The minimum Gasteiger partial charge on any atom is -0.504 e. The van der Waals surface area contributed by atoms with Gasteiger partial charge in [0, 0.05) is 4.47 Å². The SMILES string of the molecule is O=Cc1c(Br)cc(O)c2c1OCO2. The smallest absolute Gasteiger partial charge is 0.231 e. The van der Waals surface area contributed by atoms with Crippen LogP contribution in [0.1, 0.15) is 10.4 Å². The van der Waals surface area contributed by atoms with Gasteiger partial charge in [-0.2, -0.15) is 0 Å². The van der Waals surface area contributed by atoms with E-state index in [4.69, 9.17) is 9.47 Å². The molecule has 1 heterocycles. The molecule has 2 rings (SSSR count). The summed E-state index contributed by atoms with van der Waals surface area (Å²) in [6, 6.07) is 1.40. The summed E-state index contributed by atoms with van der Waals surface area (Å²) in [5, 5.41) is 9.38. The molecule has 0 amide bonds. The lowest BCUT2D eigenvalue weighted by molar-refractivity contribution is 0.111. The minimum absolute atomic E-state index is 0.0280. The summed E-state index contributed by atoms with van der Waals surface area (Å²) >= 11 is 3.13. The van der Waals surface area contributed by atoms with E-state index in [2.05, 4.69) is 15.9 Å². The van der Waals surface area contributed by atoms with Gasteiger partial charge in [-0.15, -0.1) is 0 Å². The summed E-state index contributed by atoms with van der Waals surface area (Å²) in [7, 11) is 0. The molecule has 0 saturated heterocycles. The number of phenols is 1. The zero-order valence-electron chi connectivity index (χ0n) is 6.41. The standard InChI is InChI=1S/C8H5BrO4/c9-5-1-6(11)8-7(4(5)2-10)12-3-13-8/h1-2,11H,3H2. The number of phenolic OH excluding ortho intramolecular Hbond substituents is 1. The van der Waals surface area contributed by atoms with Gasteiger partial charge in [0.25, 0.3) is 0 Å². The molecule has 0 atom stereocenters. The number of halogens is 1. The average Bonchev–Trinajstić information content (AvgIpc) is 2.53. The van der Waals surface area contributed by atoms with Gasteiger partial charge in [-0.1, -0.05) is 0 Å². The van der Waals surface area contributed by atoms with Crippen molar-refractivity contribution in [1.82, 2.24) is 0 Å². The lowest BCUT2D eigenvalue weighted by atomic mass is 10.2. The normalized spacial score (nSPS) is 13.0. The van der Waals surface area contributed by atoms with E-state index < -0.39 is 0 Å². The molecule has 68 valence electrons. The van der Waals surface area contributed by atoms with Crippen LogP contribution in [0.3, 0.4) is 0 Å². The van der Waals surface area contributed by atoms with Gasteiger partial charge in [-0.05, 0) is 22.0 Å². The first-order valence-electron chi connectivity index (χ1n) is 3.50. The van der Waals surface area contributed by atoms with E-state index in [9.17, 15) is 9.90 Å². The van der Waals surface area contributed by atoms with Crippen LogP contribution in [0.5, 0.6) is 17.2 Å². The molecule has 13 heavy (non-hydrogen) atoms. The number of ether oxygens (including phenoxy) is 2. The van der Waals surface area contributed by atoms with E-state index in [1.807, 2.05) is 0 Å². The Morgan fingerprint density at radius 2 is 2.15 bits per heavy atom. The molecule has 0 saturated carbocycles. The monoisotopic (exact) mass is 244 g/mol. The zero-order chi connectivity index (χ0) is 9.42. The van der Waals surface area contributed by atoms with Crippen LogP contribution in [-0.4, -0.2) is 18.2 Å². The summed E-state index contributed by atoms with van der Waals surface area (Å²) in [6.45, 7) is 0.0280. The number of benzene rings is 1. The van der Waals surface area contributed by atoms with Gasteiger partial charge in [-0.3, -0.25) is 4.79 Å². The molecule has 1 aromatic rings. The average molecular weight is 245 g/mol. The van der Waals surface area contributed by atoms with Gasteiger partial charge >= 0.3 is 0 Å². The number of carbonyl (C=O) groups excluding carboxylic acids is 1. The third-order valence-corrected chi connectivity index (χ3v) is 2.38. The van der Waals surface area contributed by atoms with Crippen LogP contribution >= 0.6 is 15.9 Å². The number of rotatable bonds is 1. The second-order valence-corrected chi connectivity index (χ2v) is 3.33. The van der Waals surface area contributed by atoms with Crippen LogP contribution in [-0.2, 0) is 0 Å². The molecular weight excluding hydrogens is 240 g/mol. The molecule has 0 aromatic heterocycles. The quantitative estimate of drug-likeness (QED) is 0.765. The molecule has 1 aliphatic heterocycles. The van der Waals surface area contributed by atoms with Crippen molar-refractivity contribution < 1.29 is 19.4 Å². The largest absolute Gasteiger partial charge is 0.504 e. The summed E-state index contributed by atoms with van der Waals surface area (Å²) in [6.07, 6.45) is 0.650. The Hall–Kier alpha value is -1.23. The van der Waals surface area contributed by atoms with Crippen molar-refractivity contribution in [1.29, 1.82) is 0 Å². The first-order chi connectivity index (χ1) is 6.24. The van der Waals surface area contributed by atoms with Crippen molar-refractivity contribution >= 4 is 22.2 Å². The molecule has 0 fully saturated rings. The highest BCUT2D eigenvalue weighted by molar-refractivity contribution is 9.10. The van der Waals surface area contributed by atoms with E-state index in [1.165, 1.54) is 6.07 Å². The van der Waals surface area contributed by atoms with Crippen molar-refractivity contribution in [2.45, 2.75) is 0 Å². The summed E-state index contributed by atoms with van der Waals surface area (Å²) < 4.78 is 10.5. The number of carbonyl (C=O) groups is 1. The molecule has 4 nitrogen and oxygen atoms in total. The molecule has 5 heteroatoms. The topological polar surface area (TPSA) is 55.8 Å². The Kier molecular flexibility index (Phi) is 1.88. The third kappa shape index (κ3) is 1.16. The fraction of sp³-hybridized carbons (Fsp3) is 0.125. The van der Waals surface area contributed by atoms with Crippen LogP contribution in [0, 0.1) is 0 Å². The summed E-state index contributed by atoms with van der Waals surface area (Å²) in [5.74, 6) is 0.483. The van der Waals surface area contributed by atoms with Gasteiger partial charge in [-0.25, -0.2) is 0 Å². The lowest BCUT2D eigenvalue weighted by Crippen LogP contribution is -1.94. The molecular formula is C8H5BrO4. The van der Waals surface area contributed by atoms with Crippen LogP contribution < -0.4 is 9.47 Å². The Morgan fingerprint density at radius 1 is 1.46 bits per heavy atom. The Labute approximate surface area is 82.2 Å². The highest BCUT2D eigenvalue weighted by Crippen LogP contribution is 2.45. The number of aromatic hydroxyl groups is 1. The van der Waals surface area contributed by atoms with Crippen LogP contribution in [0.2, 0.25) is 0 Å². The zero-order valence-corrected chi connectivity index (χ0v) is 8.00. The van der Waals surface area contributed by atoms with E-state index in [1.54, 1.807) is 0 Å². The minimum atomic E-state index is -0.0371. The lowest BCUT2D eigenvalue weighted by Gasteiger charge is -2.03. The fourth-order valence-corrected chi connectivity index (χ4v) is 1.64. The molecule has 0 unspecified atom stereocenters. The summed E-state index contributed by atoms with van der Waals surface area (Å²) in [5.41, 5.74) is 0.352. The van der Waals surface area contributed by atoms with Crippen LogP contribution in [0.4, 0.5) is 0 Å². The molecule has 0 spiro atoms. The maximum atomic E-state index is 10.7. The second-order valence-electron chi connectivity index (χ2n) is 2.47. The van der Waals surface area contributed by atoms with Gasteiger partial charge in [0.05, 0.1) is 5.56 Å². The highest BCUT2D eigenvalue weighted by Gasteiger charge is 2.23. The van der Waals surface area contributed by atoms with E-state index in [0.29, 0.717) is 22.1 Å². The van der Waals surface area contributed by atoms with Crippen LogP contribution in [0.15, 0.2) is 10.5 Å². The van der Waals surface area contributed by atoms with Gasteiger partial charge in [0.2, 0.25) is 12.5 Å². The van der Waals surface area contributed by atoms with Crippen molar-refractivity contribution in [2.75, 3.05) is 6.79 Å². The first kappa shape index (κ1) is 8.37. The van der Waals surface area contributed by atoms with Gasteiger partial charge in [0.15, 0.2) is 17.8 Å². The van der Waals surface area contributed by atoms with Crippen LogP contribution in [0.25, 0.3) is 0 Å². The first-order valence-corrected chi connectivity index (χ1v) is 4.29. The molecule has 1 N–H and O–H groups in total. The fourth-order valence-electron chi connectivity index (χ4n) is 1.15. The number of hydrogen-bond donors (Lipinski definition) is 1. The number of aldehydes is 1. The van der Waals surface area contributed by atoms with E-state index >= 15 is 0 Å². The molecule has 0 radical (unpaired) electrons. The third-order valence-electron chi connectivity index (χ3n) is 1.73. The number of fused-ring (bicyclic) bond motifs is 1. The predicted octanol–water partition coefficient (Wildman–Crippen LogP) is 1.70. The maximum Gasteiger partial charge on any atom is 0.231 e. The number of hydrogen-bond acceptors (Lipinski definition) is 4. The maximum absolute atomic E-state index is 10.7. The van der Waals surface area contributed by atoms with Crippen molar-refractivity contribution in [2.24, 2.45) is 0 Å². The van der Waals surface area contributed by atoms with Gasteiger partial charge < -0.3 is 14.6 Å². The van der Waals surface area contributed by atoms with Gasteiger partial charge in [0.1, 0.15) is 0 Å². The van der Waals surface area contributed by atoms with Crippen molar-refractivity contribution in [3.63, 3.8) is 0 Å².